The van der Waals surface area contributed by atoms with Gasteiger partial charge in [-0.25, -0.2) is 8.42 Å². The fraction of sp³-hybridized carbons (Fsp3) is 0.667. The Morgan fingerprint density at radius 1 is 1.50 bits per heavy atom. The van der Waals surface area contributed by atoms with Crippen LogP contribution in [-0.2, 0) is 15.9 Å². The van der Waals surface area contributed by atoms with Crippen molar-refractivity contribution in [3.05, 3.63) is 16.5 Å². The molecule has 1 aromatic rings. The Kier molecular flexibility index (Phi) is 4.07. The Balaban J connectivity index is 2.36. The van der Waals surface area contributed by atoms with E-state index in [1.807, 2.05) is 13.8 Å². The van der Waals surface area contributed by atoms with E-state index in [1.165, 1.54) is 11.3 Å². The van der Waals surface area contributed by atoms with Gasteiger partial charge >= 0.3 is 0 Å². The van der Waals surface area contributed by atoms with Gasteiger partial charge in [0, 0.05) is 17.5 Å². The van der Waals surface area contributed by atoms with Gasteiger partial charge in [-0.1, -0.05) is 6.92 Å². The van der Waals surface area contributed by atoms with Gasteiger partial charge in [0.1, 0.15) is 4.21 Å². The topological polar surface area (TPSA) is 37.4 Å². The van der Waals surface area contributed by atoms with Gasteiger partial charge in [0.25, 0.3) is 10.0 Å². The van der Waals surface area contributed by atoms with Crippen LogP contribution >= 0.6 is 22.9 Å². The van der Waals surface area contributed by atoms with Crippen molar-refractivity contribution in [2.75, 3.05) is 6.54 Å². The van der Waals surface area contributed by atoms with E-state index >= 15 is 0 Å². The van der Waals surface area contributed by atoms with Crippen LogP contribution in [0.5, 0.6) is 0 Å². The highest BCUT2D eigenvalue weighted by molar-refractivity contribution is 7.91. The summed E-state index contributed by atoms with van der Waals surface area (Å²) in [5.41, 5.74) is 0.966. The standard InChI is InChI=1S/C12H18ClNO2S2/c1-8-4-10(3)14(7-8)18(15,16)12-5-9(2)11(6-13)17-12/h5,8,10H,4,6-7H2,1-3H3. The molecule has 0 aliphatic carbocycles. The lowest BCUT2D eigenvalue weighted by atomic mass is 10.1. The van der Waals surface area contributed by atoms with Gasteiger partial charge < -0.3 is 0 Å². The molecule has 1 fully saturated rings. The third-order valence-electron chi connectivity index (χ3n) is 3.41. The van der Waals surface area contributed by atoms with E-state index in [4.69, 9.17) is 11.6 Å². The number of thiophene rings is 1. The van der Waals surface area contributed by atoms with Crippen LogP contribution in [0.15, 0.2) is 10.3 Å². The lowest BCUT2D eigenvalue weighted by Gasteiger charge is -2.19. The number of hydrogen-bond donors (Lipinski definition) is 0. The molecule has 1 aliphatic heterocycles. The molecule has 0 bridgehead atoms. The maximum atomic E-state index is 12.6. The molecule has 102 valence electrons. The molecule has 2 unspecified atom stereocenters. The normalized spacial score (nSPS) is 25.8. The number of hydrogen-bond acceptors (Lipinski definition) is 3. The zero-order chi connectivity index (χ0) is 13.5. The maximum absolute atomic E-state index is 12.6. The van der Waals surface area contributed by atoms with E-state index in [2.05, 4.69) is 6.92 Å². The molecule has 2 rings (SSSR count). The van der Waals surface area contributed by atoms with Crippen LogP contribution in [0.4, 0.5) is 0 Å². The monoisotopic (exact) mass is 307 g/mol. The molecule has 1 aliphatic rings. The molecular weight excluding hydrogens is 290 g/mol. The minimum absolute atomic E-state index is 0.0897. The first-order chi connectivity index (χ1) is 8.36. The number of alkyl halides is 1. The second kappa shape index (κ2) is 5.12. The minimum atomic E-state index is -3.34. The molecule has 18 heavy (non-hydrogen) atoms. The Morgan fingerprint density at radius 2 is 2.17 bits per heavy atom. The van der Waals surface area contributed by atoms with E-state index in [1.54, 1.807) is 10.4 Å². The highest BCUT2D eigenvalue weighted by Crippen LogP contribution is 2.34. The summed E-state index contributed by atoms with van der Waals surface area (Å²) in [6.07, 6.45) is 0.936. The SMILES string of the molecule is Cc1cc(S(=O)(=O)N2CC(C)CC2C)sc1CCl. The summed E-state index contributed by atoms with van der Waals surface area (Å²) in [6, 6.07) is 1.83. The van der Waals surface area contributed by atoms with Crippen LogP contribution in [-0.4, -0.2) is 25.3 Å². The van der Waals surface area contributed by atoms with Gasteiger partial charge in [0.2, 0.25) is 0 Å². The number of sulfonamides is 1. The summed E-state index contributed by atoms with van der Waals surface area (Å²) < 4.78 is 27.2. The number of nitrogens with zero attached hydrogens (tertiary/aromatic N) is 1. The quantitative estimate of drug-likeness (QED) is 0.804. The molecule has 3 nitrogen and oxygen atoms in total. The molecule has 0 aromatic carbocycles. The molecule has 2 heterocycles. The van der Waals surface area contributed by atoms with Crippen molar-refractivity contribution in [1.82, 2.24) is 4.31 Å². The van der Waals surface area contributed by atoms with Crippen molar-refractivity contribution in [3.8, 4) is 0 Å². The lowest BCUT2D eigenvalue weighted by molar-refractivity contribution is 0.407. The molecular formula is C12H18ClNO2S2. The molecule has 2 atom stereocenters. The molecule has 1 aromatic heterocycles. The maximum Gasteiger partial charge on any atom is 0.252 e. The van der Waals surface area contributed by atoms with Gasteiger partial charge in [-0.15, -0.1) is 22.9 Å². The number of halogens is 1. The van der Waals surface area contributed by atoms with Crippen LogP contribution in [0.1, 0.15) is 30.7 Å². The average molecular weight is 308 g/mol. The summed E-state index contributed by atoms with van der Waals surface area (Å²) in [5, 5.41) is 0. The minimum Gasteiger partial charge on any atom is -0.206 e. The van der Waals surface area contributed by atoms with Gasteiger partial charge in [-0.05, 0) is 37.8 Å². The van der Waals surface area contributed by atoms with Crippen LogP contribution in [0.3, 0.4) is 0 Å². The largest absolute Gasteiger partial charge is 0.252 e. The van der Waals surface area contributed by atoms with Crippen molar-refractivity contribution in [3.63, 3.8) is 0 Å². The number of rotatable bonds is 3. The first-order valence-corrected chi connectivity index (χ1v) is 8.82. The Hall–Kier alpha value is -0.100. The van der Waals surface area contributed by atoms with Crippen molar-refractivity contribution < 1.29 is 8.42 Å². The van der Waals surface area contributed by atoms with Crippen molar-refractivity contribution in [2.45, 2.75) is 43.3 Å². The molecule has 0 saturated carbocycles. The third kappa shape index (κ3) is 2.46. The average Bonchev–Trinajstić information content (AvgIpc) is 2.82. The summed E-state index contributed by atoms with van der Waals surface area (Å²) in [5.74, 6) is 0.807. The van der Waals surface area contributed by atoms with E-state index in [-0.39, 0.29) is 6.04 Å². The second-order valence-corrected chi connectivity index (χ2v) is 8.59. The highest BCUT2D eigenvalue weighted by Gasteiger charge is 2.37. The zero-order valence-corrected chi connectivity index (χ0v) is 13.2. The van der Waals surface area contributed by atoms with Crippen molar-refractivity contribution >= 4 is 33.0 Å². The third-order valence-corrected chi connectivity index (χ3v) is 7.50. The van der Waals surface area contributed by atoms with Crippen LogP contribution < -0.4 is 0 Å². The number of aryl methyl sites for hydroxylation is 1. The molecule has 0 radical (unpaired) electrons. The van der Waals surface area contributed by atoms with Crippen molar-refractivity contribution in [1.29, 1.82) is 0 Å². The fourth-order valence-electron chi connectivity index (χ4n) is 2.46. The highest BCUT2D eigenvalue weighted by atomic mass is 35.5. The predicted octanol–water partition coefficient (Wildman–Crippen LogP) is 3.21. The summed E-state index contributed by atoms with van der Waals surface area (Å²) in [4.78, 5) is 0.940. The Labute approximate surface area is 118 Å². The second-order valence-electron chi connectivity index (χ2n) is 5.07. The van der Waals surface area contributed by atoms with E-state index in [0.717, 1.165) is 16.9 Å². The van der Waals surface area contributed by atoms with Gasteiger partial charge in [-0.2, -0.15) is 4.31 Å². The zero-order valence-electron chi connectivity index (χ0n) is 10.8. The van der Waals surface area contributed by atoms with Crippen LogP contribution in [0.25, 0.3) is 0 Å². The molecule has 6 heteroatoms. The molecule has 0 amide bonds. The smallest absolute Gasteiger partial charge is 0.206 e. The van der Waals surface area contributed by atoms with E-state index in [0.29, 0.717) is 22.6 Å². The van der Waals surface area contributed by atoms with Crippen LogP contribution in [0, 0.1) is 12.8 Å². The van der Waals surface area contributed by atoms with E-state index in [9.17, 15) is 8.42 Å². The van der Waals surface area contributed by atoms with E-state index < -0.39 is 10.0 Å². The fourth-order valence-corrected chi connectivity index (χ4v) is 6.17. The van der Waals surface area contributed by atoms with Crippen molar-refractivity contribution in [2.24, 2.45) is 5.92 Å². The molecule has 1 saturated heterocycles. The van der Waals surface area contributed by atoms with Gasteiger partial charge in [0.15, 0.2) is 0 Å². The van der Waals surface area contributed by atoms with Gasteiger partial charge in [0.05, 0.1) is 5.88 Å². The summed E-state index contributed by atoms with van der Waals surface area (Å²) in [7, 11) is -3.34. The lowest BCUT2D eigenvalue weighted by Crippen LogP contribution is -2.33. The first kappa shape index (κ1) is 14.3. The predicted molar refractivity (Wildman–Crippen MR) is 75.7 cm³/mol. The van der Waals surface area contributed by atoms with Gasteiger partial charge in [-0.3, -0.25) is 0 Å². The molecule has 0 spiro atoms. The summed E-state index contributed by atoms with van der Waals surface area (Å²) in [6.45, 7) is 6.60. The Morgan fingerprint density at radius 3 is 2.61 bits per heavy atom. The Bertz CT molecular complexity index is 538. The molecule has 0 N–H and O–H groups in total. The first-order valence-electron chi connectivity index (χ1n) is 6.03. The summed E-state index contributed by atoms with van der Waals surface area (Å²) >= 11 is 7.10. The van der Waals surface area contributed by atoms with Crippen LogP contribution in [0.2, 0.25) is 0 Å².